The molecule has 8 heteroatoms. The Labute approximate surface area is 175 Å². The number of pyridine rings is 1. The molecule has 0 saturated carbocycles. The van der Waals surface area contributed by atoms with Gasteiger partial charge >= 0.3 is 0 Å². The van der Waals surface area contributed by atoms with Gasteiger partial charge in [-0.2, -0.15) is 4.36 Å². The standard InChI is InChI=1S/C19H24BrClN4OS/c1-6-25(5)12-22-18-11-17(20)19(23-14(18)4)24-27(26,13(2)3)16-9-7-15(21)8-10-16/h7-13H,6H2,1-5H3. The normalized spacial score (nSPS) is 13.8. The van der Waals surface area contributed by atoms with Gasteiger partial charge in [0.15, 0.2) is 5.82 Å². The summed E-state index contributed by atoms with van der Waals surface area (Å²) in [6, 6.07) is 8.82. The highest BCUT2D eigenvalue weighted by Gasteiger charge is 2.19. The van der Waals surface area contributed by atoms with Crippen molar-refractivity contribution in [3.05, 3.63) is 45.5 Å². The summed E-state index contributed by atoms with van der Waals surface area (Å²) >= 11 is 9.47. The van der Waals surface area contributed by atoms with E-state index >= 15 is 0 Å². The number of benzene rings is 1. The van der Waals surface area contributed by atoms with E-state index in [-0.39, 0.29) is 5.25 Å². The molecule has 2 aromatic rings. The molecule has 1 heterocycles. The largest absolute Gasteiger partial charge is 0.366 e. The summed E-state index contributed by atoms with van der Waals surface area (Å²) in [5, 5.41) is 0.405. The zero-order valence-electron chi connectivity index (χ0n) is 16.1. The zero-order valence-corrected chi connectivity index (χ0v) is 19.3. The van der Waals surface area contributed by atoms with Gasteiger partial charge in [-0.1, -0.05) is 11.6 Å². The van der Waals surface area contributed by atoms with Crippen molar-refractivity contribution in [1.29, 1.82) is 0 Å². The van der Waals surface area contributed by atoms with Crippen LogP contribution >= 0.6 is 27.5 Å². The Morgan fingerprint density at radius 1 is 1.33 bits per heavy atom. The van der Waals surface area contributed by atoms with Crippen LogP contribution in [0.5, 0.6) is 0 Å². The van der Waals surface area contributed by atoms with Crippen LogP contribution in [0.1, 0.15) is 26.5 Å². The molecule has 1 aromatic carbocycles. The van der Waals surface area contributed by atoms with Crippen molar-refractivity contribution in [2.45, 2.75) is 37.8 Å². The van der Waals surface area contributed by atoms with Gasteiger partial charge in [-0.05, 0) is 74.0 Å². The minimum absolute atomic E-state index is 0.191. The molecular formula is C19H24BrClN4OS. The Kier molecular flexibility index (Phi) is 7.42. The lowest BCUT2D eigenvalue weighted by Gasteiger charge is -2.15. The van der Waals surface area contributed by atoms with E-state index in [0.717, 1.165) is 17.9 Å². The highest BCUT2D eigenvalue weighted by atomic mass is 79.9. The fourth-order valence-electron chi connectivity index (χ4n) is 2.18. The van der Waals surface area contributed by atoms with Crippen molar-refractivity contribution in [2.75, 3.05) is 13.6 Å². The predicted octanol–water partition coefficient (Wildman–Crippen LogP) is 5.98. The van der Waals surface area contributed by atoms with Crippen molar-refractivity contribution in [3.63, 3.8) is 0 Å². The molecule has 0 spiro atoms. The van der Waals surface area contributed by atoms with Crippen LogP contribution in [0.2, 0.25) is 5.02 Å². The summed E-state index contributed by atoms with van der Waals surface area (Å²) in [6.07, 6.45) is 1.76. The van der Waals surface area contributed by atoms with Crippen LogP contribution < -0.4 is 0 Å². The second-order valence-corrected chi connectivity index (χ2v) is 10.4. The van der Waals surface area contributed by atoms with Gasteiger partial charge in [0.2, 0.25) is 0 Å². The van der Waals surface area contributed by atoms with E-state index in [2.05, 4.69) is 30.3 Å². The second kappa shape index (κ2) is 9.17. The van der Waals surface area contributed by atoms with Crippen LogP contribution in [0, 0.1) is 6.92 Å². The second-order valence-electron chi connectivity index (χ2n) is 6.38. The Balaban J connectivity index is 2.55. The van der Waals surface area contributed by atoms with E-state index in [1.807, 2.05) is 45.7 Å². The van der Waals surface area contributed by atoms with Crippen LogP contribution in [-0.2, 0) is 9.73 Å². The molecule has 0 aliphatic heterocycles. The molecule has 0 saturated heterocycles. The van der Waals surface area contributed by atoms with E-state index in [1.54, 1.807) is 30.6 Å². The predicted molar refractivity (Wildman–Crippen MR) is 118 cm³/mol. The summed E-state index contributed by atoms with van der Waals surface area (Å²) in [5.41, 5.74) is 1.46. The van der Waals surface area contributed by atoms with Gasteiger partial charge in [-0.3, -0.25) is 0 Å². The quantitative estimate of drug-likeness (QED) is 0.384. The van der Waals surface area contributed by atoms with Crippen molar-refractivity contribution < 1.29 is 4.21 Å². The fraction of sp³-hybridized carbons (Fsp3) is 0.368. The summed E-state index contributed by atoms with van der Waals surface area (Å²) in [7, 11) is -0.755. The van der Waals surface area contributed by atoms with Gasteiger partial charge in [-0.25, -0.2) is 14.2 Å². The first-order valence-electron chi connectivity index (χ1n) is 8.60. The van der Waals surface area contributed by atoms with Gasteiger partial charge in [0, 0.05) is 28.8 Å². The smallest absolute Gasteiger partial charge is 0.176 e. The van der Waals surface area contributed by atoms with Crippen LogP contribution in [0.15, 0.2) is 49.1 Å². The molecule has 146 valence electrons. The van der Waals surface area contributed by atoms with Crippen LogP contribution in [-0.4, -0.2) is 39.3 Å². The van der Waals surface area contributed by atoms with Gasteiger partial charge in [-0.15, -0.1) is 0 Å². The van der Waals surface area contributed by atoms with Gasteiger partial charge < -0.3 is 4.90 Å². The van der Waals surface area contributed by atoms with E-state index in [1.165, 1.54) is 0 Å². The first-order chi connectivity index (χ1) is 12.7. The monoisotopic (exact) mass is 470 g/mol. The van der Waals surface area contributed by atoms with Crippen LogP contribution in [0.3, 0.4) is 0 Å². The molecule has 27 heavy (non-hydrogen) atoms. The fourth-order valence-corrected chi connectivity index (χ4v) is 4.60. The molecule has 0 radical (unpaired) electrons. The minimum Gasteiger partial charge on any atom is -0.366 e. The average Bonchev–Trinajstić information content (AvgIpc) is 2.63. The molecule has 0 aliphatic rings. The Hall–Kier alpha value is -1.44. The molecule has 1 aromatic heterocycles. The summed E-state index contributed by atoms with van der Waals surface area (Å²) in [5.74, 6) is 0.406. The number of aryl methyl sites for hydroxylation is 1. The van der Waals surface area contributed by atoms with Gasteiger partial charge in [0.05, 0.1) is 31.9 Å². The summed E-state index contributed by atoms with van der Waals surface area (Å²) < 4.78 is 18.9. The molecule has 1 atom stereocenters. The first-order valence-corrected chi connectivity index (χ1v) is 11.4. The molecule has 1 unspecified atom stereocenters. The first kappa shape index (κ1) is 21.9. The average molecular weight is 472 g/mol. The van der Waals surface area contributed by atoms with Gasteiger partial charge in [0.25, 0.3) is 0 Å². The molecular weight excluding hydrogens is 448 g/mol. The lowest BCUT2D eigenvalue weighted by molar-refractivity contribution is 0.552. The Morgan fingerprint density at radius 2 is 1.96 bits per heavy atom. The van der Waals surface area contributed by atoms with Crippen molar-refractivity contribution in [2.24, 2.45) is 9.36 Å². The third-order valence-electron chi connectivity index (χ3n) is 4.03. The molecule has 5 nitrogen and oxygen atoms in total. The van der Waals surface area contributed by atoms with Crippen molar-refractivity contribution >= 4 is 55.1 Å². The lowest BCUT2D eigenvalue weighted by atomic mass is 10.3. The summed E-state index contributed by atoms with van der Waals surface area (Å²) in [4.78, 5) is 11.6. The number of hydrogen-bond acceptors (Lipinski definition) is 4. The minimum atomic E-state index is -2.71. The lowest BCUT2D eigenvalue weighted by Crippen LogP contribution is -2.14. The molecule has 0 fully saturated rings. The number of halogens is 2. The highest BCUT2D eigenvalue weighted by Crippen LogP contribution is 2.33. The SMILES string of the molecule is CCN(C)C=Nc1cc(Br)c(N=S(=O)(c2ccc(Cl)cc2)C(C)C)nc1C. The van der Waals surface area contributed by atoms with Crippen LogP contribution in [0.25, 0.3) is 0 Å². The van der Waals surface area contributed by atoms with Crippen LogP contribution in [0.4, 0.5) is 11.5 Å². The molecule has 0 amide bonds. The Morgan fingerprint density at radius 3 is 2.52 bits per heavy atom. The maximum atomic E-state index is 13.7. The third kappa shape index (κ3) is 5.30. The molecule has 2 rings (SSSR count). The molecule has 0 aliphatic carbocycles. The van der Waals surface area contributed by atoms with E-state index in [4.69, 9.17) is 11.6 Å². The molecule has 0 N–H and O–H groups in total. The number of nitrogens with zero attached hydrogens (tertiary/aromatic N) is 4. The number of aromatic nitrogens is 1. The maximum absolute atomic E-state index is 13.7. The summed E-state index contributed by atoms with van der Waals surface area (Å²) in [6.45, 7) is 8.56. The van der Waals surface area contributed by atoms with E-state index < -0.39 is 9.73 Å². The number of aliphatic imine (C=N–C) groups is 1. The maximum Gasteiger partial charge on any atom is 0.176 e. The Bertz CT molecular complexity index is 951. The molecule has 0 bridgehead atoms. The highest BCUT2D eigenvalue weighted by molar-refractivity contribution is 9.10. The zero-order chi connectivity index (χ0) is 20.2. The van der Waals surface area contributed by atoms with E-state index in [9.17, 15) is 4.21 Å². The number of rotatable bonds is 6. The van der Waals surface area contributed by atoms with Crippen molar-refractivity contribution in [3.8, 4) is 0 Å². The topological polar surface area (TPSA) is 57.9 Å². The van der Waals surface area contributed by atoms with Gasteiger partial charge in [0.1, 0.15) is 0 Å². The van der Waals surface area contributed by atoms with E-state index in [0.29, 0.717) is 20.2 Å². The third-order valence-corrected chi connectivity index (χ3v) is 7.53. The number of hydrogen-bond donors (Lipinski definition) is 0. The van der Waals surface area contributed by atoms with Crippen molar-refractivity contribution in [1.82, 2.24) is 9.88 Å².